The first-order valence-electron chi connectivity index (χ1n) is 5.74. The van der Waals surface area contributed by atoms with Gasteiger partial charge in [-0.15, -0.1) is 0 Å². The van der Waals surface area contributed by atoms with Crippen LogP contribution in [0, 0.1) is 0 Å². The van der Waals surface area contributed by atoms with Crippen LogP contribution in [0.15, 0.2) is 12.3 Å². The van der Waals surface area contributed by atoms with E-state index in [0.717, 1.165) is 12.8 Å². The van der Waals surface area contributed by atoms with Gasteiger partial charge >= 0.3 is 0 Å². The third-order valence-electron chi connectivity index (χ3n) is 2.38. The fraction of sp³-hybridized carbons (Fsp3) is 0.500. The number of pyridine rings is 1. The fourth-order valence-corrected chi connectivity index (χ4v) is 1.78. The maximum atomic E-state index is 11.8. The largest absolute Gasteiger partial charge is 0.352 e. The number of nitrogens with one attached hydrogen (secondary N) is 1. The van der Waals surface area contributed by atoms with Crippen LogP contribution >= 0.6 is 23.2 Å². The Morgan fingerprint density at radius 1 is 1.35 bits per heavy atom. The zero-order chi connectivity index (χ0) is 12.7. The molecule has 0 spiro atoms. The molecule has 1 amide bonds. The van der Waals surface area contributed by atoms with Crippen molar-refractivity contribution in [3.63, 3.8) is 0 Å². The van der Waals surface area contributed by atoms with Crippen molar-refractivity contribution in [2.75, 3.05) is 6.54 Å². The molecule has 17 heavy (non-hydrogen) atoms. The monoisotopic (exact) mass is 274 g/mol. The molecule has 1 heterocycles. The van der Waals surface area contributed by atoms with E-state index < -0.39 is 0 Å². The molecule has 0 aliphatic carbocycles. The second kappa shape index (κ2) is 7.51. The van der Waals surface area contributed by atoms with Gasteiger partial charge in [0.15, 0.2) is 0 Å². The smallest absolute Gasteiger partial charge is 0.252 e. The van der Waals surface area contributed by atoms with Gasteiger partial charge in [-0.2, -0.15) is 0 Å². The summed E-state index contributed by atoms with van der Waals surface area (Å²) < 4.78 is 0. The molecule has 0 aliphatic heterocycles. The lowest BCUT2D eigenvalue weighted by Crippen LogP contribution is -2.24. The molecule has 3 nitrogen and oxygen atoms in total. The molecule has 0 unspecified atom stereocenters. The van der Waals surface area contributed by atoms with E-state index >= 15 is 0 Å². The van der Waals surface area contributed by atoms with Crippen LogP contribution in [0.5, 0.6) is 0 Å². The maximum Gasteiger partial charge on any atom is 0.252 e. The summed E-state index contributed by atoms with van der Waals surface area (Å²) in [7, 11) is 0. The molecule has 94 valence electrons. The van der Waals surface area contributed by atoms with Crippen molar-refractivity contribution in [3.8, 4) is 0 Å². The summed E-state index contributed by atoms with van der Waals surface area (Å²) >= 11 is 11.6. The predicted molar refractivity (Wildman–Crippen MR) is 70.7 cm³/mol. The first kappa shape index (κ1) is 14.3. The van der Waals surface area contributed by atoms with Crippen LogP contribution in [-0.4, -0.2) is 17.4 Å². The van der Waals surface area contributed by atoms with E-state index in [0.29, 0.717) is 17.1 Å². The Hall–Kier alpha value is -0.800. The summed E-state index contributed by atoms with van der Waals surface area (Å²) in [5.41, 5.74) is 0.377. The van der Waals surface area contributed by atoms with Crippen LogP contribution < -0.4 is 5.32 Å². The van der Waals surface area contributed by atoms with Crippen LogP contribution in [-0.2, 0) is 0 Å². The number of hydrogen-bond acceptors (Lipinski definition) is 2. The molecular weight excluding hydrogens is 259 g/mol. The molecule has 0 saturated carbocycles. The number of carbonyl (C=O) groups excluding carboxylic acids is 1. The molecule has 0 atom stereocenters. The predicted octanol–water partition coefficient (Wildman–Crippen LogP) is 3.70. The van der Waals surface area contributed by atoms with Crippen molar-refractivity contribution < 1.29 is 4.79 Å². The zero-order valence-corrected chi connectivity index (χ0v) is 11.3. The lowest BCUT2D eigenvalue weighted by Gasteiger charge is -2.06. The van der Waals surface area contributed by atoms with Crippen LogP contribution in [0.25, 0.3) is 0 Å². The highest BCUT2D eigenvalue weighted by molar-refractivity contribution is 6.35. The standard InChI is InChI=1S/C12H16Cl2N2O/c1-2-3-4-5-6-15-12(17)9-7-11(14)16-8-10(9)13/h7-8H,2-6H2,1H3,(H,15,17). The second-order valence-corrected chi connectivity index (χ2v) is 4.60. The molecule has 0 aliphatic rings. The van der Waals surface area contributed by atoms with Gasteiger partial charge in [0.1, 0.15) is 5.15 Å². The summed E-state index contributed by atoms with van der Waals surface area (Å²) in [6.07, 6.45) is 5.87. The first-order chi connectivity index (χ1) is 8.15. The van der Waals surface area contributed by atoms with Gasteiger partial charge in [-0.25, -0.2) is 4.98 Å². The SMILES string of the molecule is CCCCCCNC(=O)c1cc(Cl)ncc1Cl. The highest BCUT2D eigenvalue weighted by Crippen LogP contribution is 2.17. The third-order valence-corrected chi connectivity index (χ3v) is 2.89. The van der Waals surface area contributed by atoms with Gasteiger partial charge < -0.3 is 5.32 Å². The van der Waals surface area contributed by atoms with Crippen LogP contribution in [0.1, 0.15) is 43.0 Å². The number of carbonyl (C=O) groups is 1. The van der Waals surface area contributed by atoms with E-state index in [4.69, 9.17) is 23.2 Å². The second-order valence-electron chi connectivity index (χ2n) is 3.80. The zero-order valence-electron chi connectivity index (χ0n) is 9.80. The van der Waals surface area contributed by atoms with Gasteiger partial charge in [-0.05, 0) is 12.5 Å². The van der Waals surface area contributed by atoms with Crippen LogP contribution in [0.3, 0.4) is 0 Å². The summed E-state index contributed by atoms with van der Waals surface area (Å²) in [6, 6.07) is 1.48. The summed E-state index contributed by atoms with van der Waals surface area (Å²) in [5, 5.41) is 3.40. The number of hydrogen-bond donors (Lipinski definition) is 1. The van der Waals surface area contributed by atoms with Crippen molar-refractivity contribution in [2.45, 2.75) is 32.6 Å². The van der Waals surface area contributed by atoms with Crippen molar-refractivity contribution >= 4 is 29.1 Å². The molecule has 0 fully saturated rings. The molecular formula is C12H16Cl2N2O. The molecule has 1 aromatic heterocycles. The van der Waals surface area contributed by atoms with E-state index in [9.17, 15) is 4.79 Å². The molecule has 0 radical (unpaired) electrons. The van der Waals surface area contributed by atoms with Gasteiger partial charge in [0.2, 0.25) is 0 Å². The minimum absolute atomic E-state index is 0.198. The van der Waals surface area contributed by atoms with Gasteiger partial charge in [-0.1, -0.05) is 49.4 Å². The average Bonchev–Trinajstić information content (AvgIpc) is 2.32. The average molecular weight is 275 g/mol. The number of halogens is 2. The van der Waals surface area contributed by atoms with Crippen molar-refractivity contribution in [3.05, 3.63) is 28.0 Å². The van der Waals surface area contributed by atoms with E-state index in [1.54, 1.807) is 0 Å². The minimum Gasteiger partial charge on any atom is -0.352 e. The number of amides is 1. The molecule has 0 aromatic carbocycles. The van der Waals surface area contributed by atoms with Crippen molar-refractivity contribution in [2.24, 2.45) is 0 Å². The molecule has 0 saturated heterocycles. The Morgan fingerprint density at radius 2 is 2.12 bits per heavy atom. The number of aromatic nitrogens is 1. The Balaban J connectivity index is 2.44. The van der Waals surface area contributed by atoms with E-state index in [1.807, 2.05) is 0 Å². The first-order valence-corrected chi connectivity index (χ1v) is 6.50. The van der Waals surface area contributed by atoms with Crippen molar-refractivity contribution in [1.82, 2.24) is 10.3 Å². The highest BCUT2D eigenvalue weighted by Gasteiger charge is 2.10. The van der Waals surface area contributed by atoms with E-state index in [-0.39, 0.29) is 11.1 Å². The maximum absolute atomic E-state index is 11.8. The number of unbranched alkanes of at least 4 members (excludes halogenated alkanes) is 3. The lowest BCUT2D eigenvalue weighted by molar-refractivity contribution is 0.0953. The number of rotatable bonds is 6. The Kier molecular flexibility index (Phi) is 6.30. The Labute approximate surface area is 112 Å². The molecule has 0 bridgehead atoms. The molecule has 1 N–H and O–H groups in total. The fourth-order valence-electron chi connectivity index (χ4n) is 1.44. The molecule has 1 aromatic rings. The van der Waals surface area contributed by atoms with Crippen molar-refractivity contribution in [1.29, 1.82) is 0 Å². The normalized spacial score (nSPS) is 10.3. The van der Waals surface area contributed by atoms with Gasteiger partial charge in [-0.3, -0.25) is 4.79 Å². The number of nitrogens with zero attached hydrogens (tertiary/aromatic N) is 1. The Morgan fingerprint density at radius 3 is 2.82 bits per heavy atom. The van der Waals surface area contributed by atoms with Crippen LogP contribution in [0.4, 0.5) is 0 Å². The molecule has 1 rings (SSSR count). The quantitative estimate of drug-likeness (QED) is 0.635. The Bertz CT molecular complexity index is 383. The van der Waals surface area contributed by atoms with Gasteiger partial charge in [0.25, 0.3) is 5.91 Å². The summed E-state index contributed by atoms with van der Waals surface area (Å²) in [4.78, 5) is 15.6. The van der Waals surface area contributed by atoms with E-state index in [1.165, 1.54) is 25.1 Å². The van der Waals surface area contributed by atoms with E-state index in [2.05, 4.69) is 17.2 Å². The highest BCUT2D eigenvalue weighted by atomic mass is 35.5. The lowest BCUT2D eigenvalue weighted by atomic mass is 10.2. The summed E-state index contributed by atoms with van der Waals surface area (Å²) in [5.74, 6) is -0.198. The minimum atomic E-state index is -0.198. The van der Waals surface area contributed by atoms with Gasteiger partial charge in [0.05, 0.1) is 10.6 Å². The third kappa shape index (κ3) is 4.92. The molecule has 5 heteroatoms. The van der Waals surface area contributed by atoms with Crippen LogP contribution in [0.2, 0.25) is 10.2 Å². The van der Waals surface area contributed by atoms with Gasteiger partial charge in [0, 0.05) is 12.7 Å². The summed E-state index contributed by atoms with van der Waals surface area (Å²) in [6.45, 7) is 2.81. The topological polar surface area (TPSA) is 42.0 Å².